The largest absolute Gasteiger partial charge is 0.747 e. The number of phenolic OH excluding ortho intramolecular Hbond substituents is 2. The fourth-order valence-corrected chi connectivity index (χ4v) is 2.04. The average molecular weight is 285 g/mol. The van der Waals surface area contributed by atoms with Crippen molar-refractivity contribution in [3.63, 3.8) is 0 Å². The summed E-state index contributed by atoms with van der Waals surface area (Å²) in [5, 5.41) is 38.8. The van der Waals surface area contributed by atoms with Crippen LogP contribution in [0.1, 0.15) is 17.2 Å². The number of hydrogen-bond donors (Lipinski definition) is 5. The molecule has 2 unspecified atom stereocenters. The Morgan fingerprint density at radius 2 is 1.89 bits per heavy atom. The van der Waals surface area contributed by atoms with E-state index in [-0.39, 0.29) is 11.1 Å². The molecule has 1 aliphatic carbocycles. The van der Waals surface area contributed by atoms with Crippen molar-refractivity contribution in [2.24, 2.45) is 0 Å². The Hall–Kier alpha value is -2.08. The van der Waals surface area contributed by atoms with Crippen molar-refractivity contribution in [1.29, 1.82) is 0 Å². The first-order chi connectivity index (χ1) is 8.91. The summed E-state index contributed by atoms with van der Waals surface area (Å²) in [6.07, 6.45) is 2.53. The van der Waals surface area contributed by atoms with Gasteiger partial charge in [0.05, 0.1) is 0 Å². The third kappa shape index (κ3) is 2.39. The first-order valence-corrected chi connectivity index (χ1v) is 6.23. The third-order valence-electron chi connectivity index (χ3n) is 2.58. The van der Waals surface area contributed by atoms with Crippen molar-refractivity contribution in [2.75, 3.05) is 0 Å². The molecule has 1 aromatic carbocycles. The van der Waals surface area contributed by atoms with Gasteiger partial charge in [0, 0.05) is 10.1 Å². The summed E-state index contributed by atoms with van der Waals surface area (Å²) in [6, 6.07) is 1.17. The van der Waals surface area contributed by atoms with Crippen LogP contribution >= 0.6 is 8.25 Å². The molecule has 8 heteroatoms. The van der Waals surface area contributed by atoms with Crippen molar-refractivity contribution in [3.8, 4) is 17.2 Å². The molecule has 0 aromatic heterocycles. The molecular weight excluding hydrogens is 275 g/mol. The highest BCUT2D eigenvalue weighted by Crippen LogP contribution is 2.47. The minimum Gasteiger partial charge on any atom is -0.509 e. The van der Waals surface area contributed by atoms with Crippen LogP contribution in [0, 0.1) is 0 Å². The maximum Gasteiger partial charge on any atom is 0.747 e. The average Bonchev–Trinajstić information content (AvgIpc) is 2.46. The van der Waals surface area contributed by atoms with Crippen molar-refractivity contribution in [1.82, 2.24) is 0 Å². The van der Waals surface area contributed by atoms with Gasteiger partial charge in [0.25, 0.3) is 0 Å². The van der Waals surface area contributed by atoms with E-state index in [1.165, 1.54) is 24.3 Å². The van der Waals surface area contributed by atoms with E-state index in [2.05, 4.69) is 4.52 Å². The standard InChI is InChI=1S/C11H9O7P/c12-6-3-1-2-5-4-7(18-19(16)17)10(14)11(15)8(5)9(6)13/h1-4,9,13H,(H3-,12,14,15,16,17)/p+1. The molecule has 0 radical (unpaired) electrons. The predicted octanol–water partition coefficient (Wildman–Crippen LogP) is 1.63. The fraction of sp³-hybridized carbons (Fsp3) is 0.0909. The molecule has 0 bridgehead atoms. The smallest absolute Gasteiger partial charge is 0.509 e. The molecule has 0 aliphatic heterocycles. The van der Waals surface area contributed by atoms with Crippen LogP contribution in [-0.2, 0) is 4.57 Å². The van der Waals surface area contributed by atoms with E-state index in [0.717, 1.165) is 0 Å². The number of aliphatic hydroxyl groups excluding tert-OH is 2. The number of allylic oxidation sites excluding steroid dienone is 2. The molecule has 1 aliphatic rings. The van der Waals surface area contributed by atoms with E-state index in [1.807, 2.05) is 0 Å². The van der Waals surface area contributed by atoms with Gasteiger partial charge in [0.2, 0.25) is 11.5 Å². The Balaban J connectivity index is 2.63. The Morgan fingerprint density at radius 3 is 2.53 bits per heavy atom. The molecule has 2 atom stereocenters. The zero-order chi connectivity index (χ0) is 14.2. The second-order valence-corrected chi connectivity index (χ2v) is 4.42. The van der Waals surface area contributed by atoms with Gasteiger partial charge < -0.3 is 20.4 Å². The number of fused-ring (bicyclic) bond motifs is 1. The Bertz CT molecular complexity index is 606. The highest BCUT2D eigenvalue weighted by atomic mass is 31.1. The zero-order valence-corrected chi connectivity index (χ0v) is 10.3. The molecule has 0 amide bonds. The van der Waals surface area contributed by atoms with Crippen molar-refractivity contribution in [2.45, 2.75) is 6.10 Å². The maximum atomic E-state index is 10.6. The van der Waals surface area contributed by atoms with Crippen LogP contribution < -0.4 is 4.52 Å². The van der Waals surface area contributed by atoms with Crippen LogP contribution in [0.15, 0.2) is 24.0 Å². The molecule has 0 saturated carbocycles. The van der Waals surface area contributed by atoms with E-state index in [0.29, 0.717) is 0 Å². The highest BCUT2D eigenvalue weighted by Gasteiger charge is 2.29. The van der Waals surface area contributed by atoms with E-state index in [9.17, 15) is 25.0 Å². The summed E-state index contributed by atoms with van der Waals surface area (Å²) < 4.78 is 15.1. The van der Waals surface area contributed by atoms with Crippen molar-refractivity contribution < 1.29 is 34.4 Å². The molecule has 0 saturated heterocycles. The van der Waals surface area contributed by atoms with Gasteiger partial charge in [-0.2, -0.15) is 0 Å². The molecule has 0 spiro atoms. The number of hydrogen-bond acceptors (Lipinski definition) is 6. The van der Waals surface area contributed by atoms with Gasteiger partial charge in [-0.3, -0.25) is 0 Å². The summed E-state index contributed by atoms with van der Waals surface area (Å²) in [4.78, 5) is 8.65. The van der Waals surface area contributed by atoms with Gasteiger partial charge in [-0.15, -0.1) is 4.89 Å². The first-order valence-electron chi connectivity index (χ1n) is 5.10. The SMILES string of the molecule is O=[P+](O)Oc1cc2c(c(O)c1O)C(O)C(O)=CC=C2. The molecule has 0 heterocycles. The minimum atomic E-state index is -3.02. The first kappa shape index (κ1) is 13.4. The molecule has 5 N–H and O–H groups in total. The summed E-state index contributed by atoms with van der Waals surface area (Å²) in [6.45, 7) is 0. The van der Waals surface area contributed by atoms with E-state index < -0.39 is 37.4 Å². The normalized spacial score (nSPS) is 18.3. The highest BCUT2D eigenvalue weighted by molar-refractivity contribution is 7.32. The van der Waals surface area contributed by atoms with Crippen LogP contribution in [0.2, 0.25) is 0 Å². The fourth-order valence-electron chi connectivity index (χ4n) is 1.74. The van der Waals surface area contributed by atoms with Crippen LogP contribution in [0.3, 0.4) is 0 Å². The lowest BCUT2D eigenvalue weighted by Gasteiger charge is -2.15. The summed E-state index contributed by atoms with van der Waals surface area (Å²) in [5.41, 5.74) is 0.107. The zero-order valence-electron chi connectivity index (χ0n) is 9.39. The topological polar surface area (TPSA) is 127 Å². The lowest BCUT2D eigenvalue weighted by atomic mass is 10.00. The molecule has 2 rings (SSSR count). The molecule has 0 fully saturated rings. The van der Waals surface area contributed by atoms with Crippen LogP contribution in [-0.4, -0.2) is 25.3 Å². The summed E-state index contributed by atoms with van der Waals surface area (Å²) in [7, 11) is -3.02. The predicted molar refractivity (Wildman–Crippen MR) is 64.9 cm³/mol. The lowest BCUT2D eigenvalue weighted by Crippen LogP contribution is -2.03. The van der Waals surface area contributed by atoms with Crippen LogP contribution in [0.25, 0.3) is 6.08 Å². The van der Waals surface area contributed by atoms with Gasteiger partial charge in [-0.1, -0.05) is 12.2 Å². The number of benzene rings is 1. The minimum absolute atomic E-state index is 0.125. The van der Waals surface area contributed by atoms with Crippen molar-refractivity contribution >= 4 is 14.3 Å². The van der Waals surface area contributed by atoms with E-state index in [4.69, 9.17) is 4.89 Å². The number of rotatable bonds is 2. The molecule has 100 valence electrons. The number of aromatic hydroxyl groups is 2. The summed E-state index contributed by atoms with van der Waals surface area (Å²) >= 11 is 0. The van der Waals surface area contributed by atoms with Gasteiger partial charge >= 0.3 is 8.25 Å². The van der Waals surface area contributed by atoms with Gasteiger partial charge in [0.1, 0.15) is 11.9 Å². The molecule has 1 aromatic rings. The maximum absolute atomic E-state index is 10.6. The Morgan fingerprint density at radius 1 is 1.21 bits per heavy atom. The van der Waals surface area contributed by atoms with E-state index >= 15 is 0 Å². The van der Waals surface area contributed by atoms with Crippen LogP contribution in [0.4, 0.5) is 0 Å². The third-order valence-corrected chi connectivity index (χ3v) is 2.94. The molecule has 19 heavy (non-hydrogen) atoms. The van der Waals surface area contributed by atoms with E-state index in [1.54, 1.807) is 0 Å². The van der Waals surface area contributed by atoms with Gasteiger partial charge in [-0.05, 0) is 17.7 Å². The Kier molecular flexibility index (Phi) is 3.44. The second kappa shape index (κ2) is 4.89. The quantitative estimate of drug-likeness (QED) is 0.412. The summed E-state index contributed by atoms with van der Waals surface area (Å²) in [5.74, 6) is -2.34. The monoisotopic (exact) mass is 285 g/mol. The number of aliphatic hydroxyl groups is 2. The number of phenols is 2. The van der Waals surface area contributed by atoms with Crippen molar-refractivity contribution in [3.05, 3.63) is 35.1 Å². The Labute approximate surface area is 108 Å². The molecule has 7 nitrogen and oxygen atoms in total. The van der Waals surface area contributed by atoms with Gasteiger partial charge in [0.15, 0.2) is 5.75 Å². The van der Waals surface area contributed by atoms with Gasteiger partial charge in [-0.25, -0.2) is 4.52 Å². The second-order valence-electron chi connectivity index (χ2n) is 3.76. The molecular formula is C11H10O7P+. The lowest BCUT2D eigenvalue weighted by molar-refractivity contribution is 0.151. The van der Waals surface area contributed by atoms with Crippen LogP contribution in [0.5, 0.6) is 17.2 Å².